The van der Waals surface area contributed by atoms with Crippen LogP contribution in [-0.2, 0) is 22.4 Å². The third-order valence-electron chi connectivity index (χ3n) is 5.25. The van der Waals surface area contributed by atoms with Gasteiger partial charge in [0.1, 0.15) is 5.60 Å². The summed E-state index contributed by atoms with van der Waals surface area (Å²) in [6.45, 7) is 5.45. The van der Waals surface area contributed by atoms with Crippen molar-refractivity contribution in [1.29, 1.82) is 0 Å². The number of aromatic nitrogens is 1. The number of Topliss-reactive ketones (excluding diaryl/α,β-unsaturated/α-hetero) is 1. The first-order chi connectivity index (χ1) is 14.4. The predicted octanol–water partition coefficient (Wildman–Crippen LogP) is 4.25. The van der Waals surface area contributed by atoms with E-state index in [2.05, 4.69) is 11.9 Å². The predicted molar refractivity (Wildman–Crippen MR) is 113 cm³/mol. The fourth-order valence-corrected chi connectivity index (χ4v) is 3.85. The lowest BCUT2D eigenvalue weighted by atomic mass is 10.0. The zero-order valence-electron chi connectivity index (χ0n) is 17.4. The molecule has 1 aliphatic heterocycles. The maximum Gasteiger partial charge on any atom is 0.344 e. The van der Waals surface area contributed by atoms with Gasteiger partial charge in [0, 0.05) is 34.6 Å². The number of hydrogen-bond donors (Lipinski definition) is 1. The Kier molecular flexibility index (Phi) is 5.24. The first kappa shape index (κ1) is 20.0. The average Bonchev–Trinajstić information content (AvgIpc) is 3.29. The van der Waals surface area contributed by atoms with Gasteiger partial charge in [-0.1, -0.05) is 37.3 Å². The van der Waals surface area contributed by atoms with E-state index in [1.54, 1.807) is 12.3 Å². The minimum Gasteiger partial charge on any atom is -0.483 e. The van der Waals surface area contributed by atoms with E-state index in [4.69, 9.17) is 14.2 Å². The quantitative estimate of drug-likeness (QED) is 0.468. The molecule has 0 spiro atoms. The van der Waals surface area contributed by atoms with E-state index in [-0.39, 0.29) is 24.6 Å². The Balaban J connectivity index is 1.35. The molecule has 0 radical (unpaired) electrons. The van der Waals surface area contributed by atoms with Gasteiger partial charge in [0.2, 0.25) is 5.78 Å². The SMILES string of the molecule is CCc1cccc2c(C(=O)COC(=O)COc3cccc4c3OC(C)(C)C4)c[nH]c12. The van der Waals surface area contributed by atoms with Crippen molar-refractivity contribution in [1.82, 2.24) is 4.98 Å². The summed E-state index contributed by atoms with van der Waals surface area (Å²) in [5.74, 6) is 0.308. The Bertz CT molecular complexity index is 1110. The number of ether oxygens (including phenoxy) is 3. The molecule has 0 atom stereocenters. The van der Waals surface area contributed by atoms with Crippen molar-refractivity contribution in [3.8, 4) is 11.5 Å². The molecule has 4 rings (SSSR count). The van der Waals surface area contributed by atoms with Gasteiger partial charge in [-0.2, -0.15) is 0 Å². The molecule has 0 amide bonds. The molecule has 3 aromatic rings. The molecule has 0 fully saturated rings. The second-order valence-corrected chi connectivity index (χ2v) is 8.05. The molecule has 1 N–H and O–H groups in total. The summed E-state index contributed by atoms with van der Waals surface area (Å²) < 4.78 is 16.7. The number of H-pyrrole nitrogens is 1. The number of hydrogen-bond acceptors (Lipinski definition) is 5. The van der Waals surface area contributed by atoms with E-state index in [1.165, 1.54) is 0 Å². The van der Waals surface area contributed by atoms with Crippen molar-refractivity contribution in [3.05, 3.63) is 59.3 Å². The number of esters is 1. The number of aromatic amines is 1. The normalized spacial score (nSPS) is 14.2. The number of benzene rings is 2. The van der Waals surface area contributed by atoms with Crippen molar-refractivity contribution in [2.75, 3.05) is 13.2 Å². The molecule has 1 aliphatic rings. The number of fused-ring (bicyclic) bond motifs is 2. The van der Waals surface area contributed by atoms with E-state index < -0.39 is 5.97 Å². The monoisotopic (exact) mass is 407 g/mol. The van der Waals surface area contributed by atoms with Crippen LogP contribution in [0.3, 0.4) is 0 Å². The van der Waals surface area contributed by atoms with Gasteiger partial charge in [-0.05, 0) is 31.9 Å². The summed E-state index contributed by atoms with van der Waals surface area (Å²) in [5, 5.41) is 0.839. The van der Waals surface area contributed by atoms with E-state index in [0.717, 1.165) is 34.9 Å². The smallest absolute Gasteiger partial charge is 0.344 e. The van der Waals surface area contributed by atoms with E-state index in [9.17, 15) is 9.59 Å². The lowest BCUT2D eigenvalue weighted by Crippen LogP contribution is -2.25. The van der Waals surface area contributed by atoms with Gasteiger partial charge in [-0.3, -0.25) is 4.79 Å². The molecule has 2 aromatic carbocycles. The van der Waals surface area contributed by atoms with Gasteiger partial charge < -0.3 is 19.2 Å². The Hall–Kier alpha value is -3.28. The van der Waals surface area contributed by atoms with Crippen LogP contribution >= 0.6 is 0 Å². The van der Waals surface area contributed by atoms with Crippen molar-refractivity contribution < 1.29 is 23.8 Å². The number of nitrogens with one attached hydrogen (secondary N) is 1. The third-order valence-corrected chi connectivity index (χ3v) is 5.25. The highest BCUT2D eigenvalue weighted by atomic mass is 16.6. The molecule has 30 heavy (non-hydrogen) atoms. The first-order valence-electron chi connectivity index (χ1n) is 10.1. The number of carbonyl (C=O) groups is 2. The topological polar surface area (TPSA) is 77.6 Å². The van der Waals surface area contributed by atoms with Crippen LogP contribution in [-0.4, -0.2) is 35.6 Å². The molecule has 1 aromatic heterocycles. The summed E-state index contributed by atoms with van der Waals surface area (Å²) in [5.41, 5.74) is 3.35. The zero-order chi connectivity index (χ0) is 21.3. The summed E-state index contributed by atoms with van der Waals surface area (Å²) in [4.78, 5) is 27.9. The maximum absolute atomic E-state index is 12.6. The Morgan fingerprint density at radius 3 is 2.73 bits per heavy atom. The number of para-hydroxylation sites is 2. The van der Waals surface area contributed by atoms with Crippen molar-refractivity contribution >= 4 is 22.7 Å². The van der Waals surface area contributed by atoms with Gasteiger partial charge in [-0.15, -0.1) is 0 Å². The van der Waals surface area contributed by atoms with E-state index in [0.29, 0.717) is 17.1 Å². The van der Waals surface area contributed by atoms with Crippen LogP contribution in [0.5, 0.6) is 11.5 Å². The number of carbonyl (C=O) groups excluding carboxylic acids is 2. The minimum absolute atomic E-state index is 0.256. The fourth-order valence-electron chi connectivity index (χ4n) is 3.85. The van der Waals surface area contributed by atoms with Gasteiger partial charge in [0.15, 0.2) is 24.7 Å². The number of rotatable bonds is 7. The highest BCUT2D eigenvalue weighted by Gasteiger charge is 2.32. The van der Waals surface area contributed by atoms with Crippen LogP contribution in [0.15, 0.2) is 42.6 Å². The maximum atomic E-state index is 12.6. The summed E-state index contributed by atoms with van der Waals surface area (Å²) in [7, 11) is 0. The Morgan fingerprint density at radius 2 is 1.93 bits per heavy atom. The van der Waals surface area contributed by atoms with Crippen LogP contribution < -0.4 is 9.47 Å². The standard InChI is InChI=1S/C24H25NO5/c1-4-15-7-5-9-17-18(12-25-22(15)17)19(26)13-29-21(27)14-28-20-10-6-8-16-11-24(2,3)30-23(16)20/h5-10,12,25H,4,11,13-14H2,1-3H3. The average molecular weight is 407 g/mol. The summed E-state index contributed by atoms with van der Waals surface area (Å²) >= 11 is 0. The first-order valence-corrected chi connectivity index (χ1v) is 10.1. The summed E-state index contributed by atoms with van der Waals surface area (Å²) in [6.07, 6.45) is 3.31. The number of aryl methyl sites for hydroxylation is 1. The summed E-state index contributed by atoms with van der Waals surface area (Å²) in [6, 6.07) is 11.5. The van der Waals surface area contributed by atoms with Crippen molar-refractivity contribution in [2.45, 2.75) is 39.2 Å². The lowest BCUT2D eigenvalue weighted by Gasteiger charge is -2.18. The van der Waals surface area contributed by atoms with Gasteiger partial charge >= 0.3 is 5.97 Å². The van der Waals surface area contributed by atoms with Gasteiger partial charge in [-0.25, -0.2) is 4.79 Å². The molecular formula is C24H25NO5. The number of ketones is 1. The van der Waals surface area contributed by atoms with Crippen LogP contribution in [0.2, 0.25) is 0 Å². The highest BCUT2D eigenvalue weighted by Crippen LogP contribution is 2.41. The third kappa shape index (κ3) is 3.90. The molecule has 0 unspecified atom stereocenters. The van der Waals surface area contributed by atoms with Gasteiger partial charge in [0.05, 0.1) is 0 Å². The molecule has 156 valence electrons. The molecule has 6 nitrogen and oxygen atoms in total. The van der Waals surface area contributed by atoms with E-state index in [1.807, 2.05) is 44.2 Å². The van der Waals surface area contributed by atoms with Crippen molar-refractivity contribution in [3.63, 3.8) is 0 Å². The molecule has 0 saturated heterocycles. The van der Waals surface area contributed by atoms with Gasteiger partial charge in [0.25, 0.3) is 0 Å². The van der Waals surface area contributed by atoms with Crippen LogP contribution in [0, 0.1) is 0 Å². The molecule has 0 aliphatic carbocycles. The van der Waals surface area contributed by atoms with E-state index >= 15 is 0 Å². The molecule has 0 bridgehead atoms. The minimum atomic E-state index is -0.604. The lowest BCUT2D eigenvalue weighted by molar-refractivity contribution is -0.144. The molecule has 2 heterocycles. The van der Waals surface area contributed by atoms with Crippen LogP contribution in [0.1, 0.15) is 42.3 Å². The highest BCUT2D eigenvalue weighted by molar-refractivity contribution is 6.09. The Morgan fingerprint density at radius 1 is 1.13 bits per heavy atom. The van der Waals surface area contributed by atoms with Crippen LogP contribution in [0.4, 0.5) is 0 Å². The molecular weight excluding hydrogens is 382 g/mol. The molecule has 0 saturated carbocycles. The zero-order valence-corrected chi connectivity index (χ0v) is 17.4. The largest absolute Gasteiger partial charge is 0.483 e. The second-order valence-electron chi connectivity index (χ2n) is 8.05. The van der Waals surface area contributed by atoms with Crippen molar-refractivity contribution in [2.24, 2.45) is 0 Å². The Labute approximate surface area is 175 Å². The second kappa shape index (κ2) is 7.86. The van der Waals surface area contributed by atoms with Crippen LogP contribution in [0.25, 0.3) is 10.9 Å². The molecule has 6 heteroatoms. The fraction of sp³-hybridized carbons (Fsp3) is 0.333.